The van der Waals surface area contributed by atoms with Gasteiger partial charge in [-0.2, -0.15) is 0 Å². The number of carbonyl (C=O) groups excluding carboxylic acids is 1. The van der Waals surface area contributed by atoms with Gasteiger partial charge in [-0.05, 0) is 11.6 Å². The van der Waals surface area contributed by atoms with Gasteiger partial charge in [0.25, 0.3) is 0 Å². The first-order valence-electron chi connectivity index (χ1n) is 6.28. The third-order valence-corrected chi connectivity index (χ3v) is 3.24. The Kier molecular flexibility index (Phi) is 4.48. The lowest BCUT2D eigenvalue weighted by Crippen LogP contribution is -2.28. The van der Waals surface area contributed by atoms with Crippen molar-refractivity contribution in [2.45, 2.75) is 12.0 Å². The predicted molar refractivity (Wildman–Crippen MR) is 74.5 cm³/mol. The average Bonchev–Trinajstić information content (AvgIpc) is 2.50. The fraction of sp³-hybridized carbons (Fsp3) is 0.188. The highest BCUT2D eigenvalue weighted by Gasteiger charge is 2.31. The highest BCUT2D eigenvalue weighted by Crippen LogP contribution is 2.31. The van der Waals surface area contributed by atoms with Crippen molar-refractivity contribution in [1.82, 2.24) is 0 Å². The predicted octanol–water partition coefficient (Wildman–Crippen LogP) is 2.78. The maximum Gasteiger partial charge on any atom is 0.315 e. The number of esters is 1. The highest BCUT2D eigenvalue weighted by atomic mass is 19.1. The minimum Gasteiger partial charge on any atom is -0.468 e. The lowest BCUT2D eigenvalue weighted by Gasteiger charge is -2.22. The molecule has 4 heteroatoms. The van der Waals surface area contributed by atoms with Crippen molar-refractivity contribution in [3.05, 3.63) is 71.5 Å². The highest BCUT2D eigenvalue weighted by molar-refractivity contribution is 5.79. The summed E-state index contributed by atoms with van der Waals surface area (Å²) in [7, 11) is 1.27. The van der Waals surface area contributed by atoms with Crippen LogP contribution in [-0.4, -0.2) is 13.1 Å². The zero-order chi connectivity index (χ0) is 14.5. The van der Waals surface area contributed by atoms with Crippen molar-refractivity contribution in [3.8, 4) is 0 Å². The normalized spacial score (nSPS) is 13.6. The summed E-state index contributed by atoms with van der Waals surface area (Å²) in [6.45, 7) is 0. The zero-order valence-electron chi connectivity index (χ0n) is 11.1. The molecule has 0 spiro atoms. The lowest BCUT2D eigenvalue weighted by molar-refractivity contribution is -0.143. The van der Waals surface area contributed by atoms with E-state index in [9.17, 15) is 9.18 Å². The minimum absolute atomic E-state index is 0.246. The number of methoxy groups -OCH3 is 1. The van der Waals surface area contributed by atoms with Crippen LogP contribution in [0.15, 0.2) is 54.6 Å². The largest absolute Gasteiger partial charge is 0.468 e. The van der Waals surface area contributed by atoms with E-state index in [-0.39, 0.29) is 5.56 Å². The molecule has 0 heterocycles. The molecule has 0 aliphatic rings. The number of ether oxygens (including phenoxy) is 1. The van der Waals surface area contributed by atoms with Gasteiger partial charge in [-0.15, -0.1) is 0 Å². The van der Waals surface area contributed by atoms with Gasteiger partial charge in [0, 0.05) is 11.6 Å². The van der Waals surface area contributed by atoms with Gasteiger partial charge in [-0.25, -0.2) is 4.39 Å². The standard InChI is InChI=1S/C16H16FNO2/c1-20-16(19)14(12-9-5-6-10-13(12)17)15(18)11-7-3-2-4-8-11/h2-10,14-15H,18H2,1H3/t14-,15+/m0/s1. The van der Waals surface area contributed by atoms with E-state index in [4.69, 9.17) is 10.5 Å². The molecule has 0 saturated heterocycles. The van der Waals surface area contributed by atoms with E-state index in [2.05, 4.69) is 0 Å². The van der Waals surface area contributed by atoms with Crippen LogP contribution in [0.5, 0.6) is 0 Å². The van der Waals surface area contributed by atoms with E-state index in [0.29, 0.717) is 0 Å². The molecule has 0 fully saturated rings. The van der Waals surface area contributed by atoms with Gasteiger partial charge in [0.1, 0.15) is 11.7 Å². The molecule has 20 heavy (non-hydrogen) atoms. The van der Waals surface area contributed by atoms with Gasteiger partial charge in [0.05, 0.1) is 7.11 Å². The second kappa shape index (κ2) is 6.30. The smallest absolute Gasteiger partial charge is 0.315 e. The zero-order valence-corrected chi connectivity index (χ0v) is 11.1. The van der Waals surface area contributed by atoms with Gasteiger partial charge >= 0.3 is 5.97 Å². The Morgan fingerprint density at radius 1 is 1.10 bits per heavy atom. The molecule has 2 rings (SSSR count). The molecule has 0 aliphatic carbocycles. The van der Waals surface area contributed by atoms with Gasteiger partial charge in [-0.1, -0.05) is 48.5 Å². The van der Waals surface area contributed by atoms with E-state index in [0.717, 1.165) is 5.56 Å². The van der Waals surface area contributed by atoms with Crippen LogP contribution < -0.4 is 5.73 Å². The molecule has 0 bridgehead atoms. The Morgan fingerprint density at radius 3 is 2.30 bits per heavy atom. The van der Waals surface area contributed by atoms with Crippen LogP contribution >= 0.6 is 0 Å². The molecule has 0 aliphatic heterocycles. The molecular formula is C16H16FNO2. The van der Waals surface area contributed by atoms with Crippen LogP contribution in [-0.2, 0) is 9.53 Å². The summed E-state index contributed by atoms with van der Waals surface area (Å²) in [5.41, 5.74) is 7.15. The van der Waals surface area contributed by atoms with Gasteiger partial charge in [0.2, 0.25) is 0 Å². The maximum atomic E-state index is 13.9. The van der Waals surface area contributed by atoms with E-state index in [1.807, 2.05) is 18.2 Å². The number of benzene rings is 2. The Labute approximate surface area is 117 Å². The van der Waals surface area contributed by atoms with Crippen molar-refractivity contribution < 1.29 is 13.9 Å². The molecule has 0 unspecified atom stereocenters. The first-order valence-corrected chi connectivity index (χ1v) is 6.28. The molecule has 2 aromatic carbocycles. The minimum atomic E-state index is -0.872. The van der Waals surface area contributed by atoms with E-state index in [1.165, 1.54) is 13.2 Å². The molecule has 0 aromatic heterocycles. The van der Waals surface area contributed by atoms with Crippen LogP contribution in [0.3, 0.4) is 0 Å². The maximum absolute atomic E-state index is 13.9. The number of halogens is 1. The van der Waals surface area contributed by atoms with Gasteiger partial charge in [-0.3, -0.25) is 4.79 Å². The Balaban J connectivity index is 2.44. The summed E-state index contributed by atoms with van der Waals surface area (Å²) in [5.74, 6) is -1.88. The average molecular weight is 273 g/mol. The van der Waals surface area contributed by atoms with Gasteiger partial charge < -0.3 is 10.5 Å². The monoisotopic (exact) mass is 273 g/mol. The first kappa shape index (κ1) is 14.2. The fourth-order valence-electron chi connectivity index (χ4n) is 2.19. The van der Waals surface area contributed by atoms with Crippen molar-refractivity contribution in [1.29, 1.82) is 0 Å². The summed E-state index contributed by atoms with van der Waals surface area (Å²) in [6, 6.07) is 14.6. The van der Waals surface area contributed by atoms with Crippen molar-refractivity contribution >= 4 is 5.97 Å². The fourth-order valence-corrected chi connectivity index (χ4v) is 2.19. The lowest BCUT2D eigenvalue weighted by atomic mass is 9.87. The summed E-state index contributed by atoms with van der Waals surface area (Å²) in [5, 5.41) is 0. The summed E-state index contributed by atoms with van der Waals surface area (Å²) >= 11 is 0. The number of rotatable bonds is 4. The van der Waals surface area contributed by atoms with E-state index < -0.39 is 23.7 Å². The Hall–Kier alpha value is -2.20. The van der Waals surface area contributed by atoms with Crippen molar-refractivity contribution in [2.75, 3.05) is 7.11 Å². The molecule has 2 N–H and O–H groups in total. The molecule has 0 saturated carbocycles. The van der Waals surface area contributed by atoms with Crippen LogP contribution in [0.4, 0.5) is 4.39 Å². The number of nitrogens with two attached hydrogens (primary N) is 1. The van der Waals surface area contributed by atoms with E-state index in [1.54, 1.807) is 30.3 Å². The van der Waals surface area contributed by atoms with Crippen LogP contribution in [0, 0.1) is 5.82 Å². The molecule has 2 aromatic rings. The van der Waals surface area contributed by atoms with Crippen LogP contribution in [0.1, 0.15) is 23.1 Å². The van der Waals surface area contributed by atoms with Crippen LogP contribution in [0.2, 0.25) is 0 Å². The molecule has 0 radical (unpaired) electrons. The summed E-state index contributed by atoms with van der Waals surface area (Å²) in [4.78, 5) is 12.0. The summed E-state index contributed by atoms with van der Waals surface area (Å²) < 4.78 is 18.7. The molecule has 2 atom stereocenters. The molecule has 104 valence electrons. The van der Waals surface area contributed by atoms with Crippen molar-refractivity contribution in [3.63, 3.8) is 0 Å². The second-order valence-electron chi connectivity index (χ2n) is 4.46. The quantitative estimate of drug-likeness (QED) is 0.871. The number of hydrogen-bond donors (Lipinski definition) is 1. The van der Waals surface area contributed by atoms with Crippen LogP contribution in [0.25, 0.3) is 0 Å². The van der Waals surface area contributed by atoms with Gasteiger partial charge in [0.15, 0.2) is 0 Å². The Bertz CT molecular complexity index is 586. The topological polar surface area (TPSA) is 52.3 Å². The van der Waals surface area contributed by atoms with E-state index >= 15 is 0 Å². The van der Waals surface area contributed by atoms with Crippen molar-refractivity contribution in [2.24, 2.45) is 5.73 Å². The number of hydrogen-bond acceptors (Lipinski definition) is 3. The first-order chi connectivity index (χ1) is 9.65. The molecule has 3 nitrogen and oxygen atoms in total. The third-order valence-electron chi connectivity index (χ3n) is 3.24. The SMILES string of the molecule is COC(=O)[C@@H](c1ccccc1F)[C@H](N)c1ccccc1. The summed E-state index contributed by atoms with van der Waals surface area (Å²) in [6.07, 6.45) is 0. The molecule has 0 amide bonds. The third kappa shape index (κ3) is 2.86. The molecular weight excluding hydrogens is 257 g/mol. The second-order valence-corrected chi connectivity index (χ2v) is 4.46. The Morgan fingerprint density at radius 2 is 1.70 bits per heavy atom. The number of carbonyl (C=O) groups is 1.